The van der Waals surface area contributed by atoms with Crippen molar-refractivity contribution in [1.29, 1.82) is 0 Å². The van der Waals surface area contributed by atoms with E-state index >= 15 is 0 Å². The Bertz CT molecular complexity index is 1010. The van der Waals surface area contributed by atoms with Crippen LogP contribution in [0.1, 0.15) is 6.92 Å². The number of aromatic nitrogens is 2. The number of hydrogen-bond donors (Lipinski definition) is 1. The number of carbonyl (C=O) groups is 1. The molecule has 28 heavy (non-hydrogen) atoms. The van der Waals surface area contributed by atoms with Crippen LogP contribution in [-0.2, 0) is 14.1 Å². The first-order chi connectivity index (χ1) is 13.4. The summed E-state index contributed by atoms with van der Waals surface area (Å²) in [4.78, 5) is 29.0. The molecular weight excluding hydrogens is 407 g/mol. The van der Waals surface area contributed by atoms with Gasteiger partial charge in [-0.2, -0.15) is 0 Å². The summed E-state index contributed by atoms with van der Waals surface area (Å²) in [7, 11) is -2.87. The fraction of sp³-hybridized carbons (Fsp3) is 0.167. The van der Waals surface area contributed by atoms with E-state index in [4.69, 9.17) is 26.0 Å². The Morgan fingerprint density at radius 2 is 1.89 bits per heavy atom. The number of rotatable bonds is 7. The first-order valence-electron chi connectivity index (χ1n) is 8.16. The standard InChI is InChI=1S/C18H16ClN2O6P/c1-11(18(22)25-10-28(23)24)26-13-3-5-14(6-4-13)27-17-9-20-16-8-12(19)2-7-15(16)21-17/h2-9,11,28H,10H2,1H3,(H,23,24). The third-order valence-corrected chi connectivity index (χ3v) is 4.14. The lowest BCUT2D eigenvalue weighted by atomic mass is 10.3. The van der Waals surface area contributed by atoms with E-state index in [9.17, 15) is 9.36 Å². The summed E-state index contributed by atoms with van der Waals surface area (Å²) in [5, 5.41) is 0.579. The lowest BCUT2D eigenvalue weighted by Crippen LogP contribution is -2.26. The van der Waals surface area contributed by atoms with Crippen molar-refractivity contribution in [1.82, 2.24) is 9.97 Å². The fourth-order valence-electron chi connectivity index (χ4n) is 2.23. The van der Waals surface area contributed by atoms with Gasteiger partial charge in [-0.3, -0.25) is 4.57 Å². The average molecular weight is 423 g/mol. The predicted octanol–water partition coefficient (Wildman–Crippen LogP) is 3.81. The van der Waals surface area contributed by atoms with Crippen LogP contribution < -0.4 is 9.47 Å². The van der Waals surface area contributed by atoms with Crippen LogP contribution in [0.4, 0.5) is 0 Å². The van der Waals surface area contributed by atoms with Crippen molar-refractivity contribution in [2.75, 3.05) is 6.35 Å². The zero-order valence-electron chi connectivity index (χ0n) is 14.7. The van der Waals surface area contributed by atoms with Gasteiger partial charge in [-0.25, -0.2) is 14.8 Å². The minimum absolute atomic E-state index is 0.319. The summed E-state index contributed by atoms with van der Waals surface area (Å²) in [6, 6.07) is 11.7. The molecule has 1 N–H and O–H groups in total. The van der Waals surface area contributed by atoms with Crippen LogP contribution in [0.2, 0.25) is 5.02 Å². The van der Waals surface area contributed by atoms with Gasteiger partial charge < -0.3 is 19.1 Å². The number of ether oxygens (including phenoxy) is 3. The molecule has 0 spiro atoms. The molecule has 0 aliphatic carbocycles. The highest BCUT2D eigenvalue weighted by molar-refractivity contribution is 7.37. The second-order valence-corrected chi connectivity index (χ2v) is 7.19. The summed E-state index contributed by atoms with van der Waals surface area (Å²) in [6.07, 6.45) is 0.0445. The van der Waals surface area contributed by atoms with Gasteiger partial charge in [0.1, 0.15) is 11.5 Å². The van der Waals surface area contributed by atoms with Crippen LogP contribution in [0.3, 0.4) is 0 Å². The Kier molecular flexibility index (Phi) is 6.46. The second-order valence-electron chi connectivity index (χ2n) is 5.68. The molecule has 0 bridgehead atoms. The fourth-order valence-corrected chi connectivity index (χ4v) is 2.66. The predicted molar refractivity (Wildman–Crippen MR) is 103 cm³/mol. The maximum atomic E-state index is 11.7. The largest absolute Gasteiger partial charge is 0.479 e. The first kappa shape index (κ1) is 20.1. The molecule has 10 heteroatoms. The van der Waals surface area contributed by atoms with E-state index in [0.717, 1.165) is 0 Å². The summed E-state index contributed by atoms with van der Waals surface area (Å²) in [5.74, 6) is 0.510. The molecule has 3 aromatic rings. The van der Waals surface area contributed by atoms with Gasteiger partial charge >= 0.3 is 5.97 Å². The van der Waals surface area contributed by atoms with E-state index < -0.39 is 26.4 Å². The SMILES string of the molecule is CC(Oc1ccc(Oc2cnc3cc(Cl)ccc3n2)cc1)C(=O)OC[PH](=O)O. The summed E-state index contributed by atoms with van der Waals surface area (Å²) < 4.78 is 26.4. The van der Waals surface area contributed by atoms with Gasteiger partial charge in [0.25, 0.3) is 0 Å². The number of hydrogen-bond acceptors (Lipinski definition) is 7. The molecule has 0 aliphatic heterocycles. The van der Waals surface area contributed by atoms with Crippen molar-refractivity contribution >= 4 is 36.6 Å². The van der Waals surface area contributed by atoms with Crippen molar-refractivity contribution in [3.8, 4) is 17.4 Å². The van der Waals surface area contributed by atoms with E-state index in [2.05, 4.69) is 14.7 Å². The van der Waals surface area contributed by atoms with Gasteiger partial charge in [0, 0.05) is 5.02 Å². The summed E-state index contributed by atoms with van der Waals surface area (Å²) in [6.45, 7) is 1.48. The van der Waals surface area contributed by atoms with Crippen molar-refractivity contribution in [2.24, 2.45) is 0 Å². The van der Waals surface area contributed by atoms with Crippen LogP contribution in [0.25, 0.3) is 11.0 Å². The lowest BCUT2D eigenvalue weighted by Gasteiger charge is -2.13. The van der Waals surface area contributed by atoms with Gasteiger partial charge in [-0.05, 0) is 49.4 Å². The maximum Gasteiger partial charge on any atom is 0.347 e. The third kappa shape index (κ3) is 5.42. The van der Waals surface area contributed by atoms with E-state index in [1.54, 1.807) is 42.5 Å². The molecule has 0 radical (unpaired) electrons. The molecule has 0 amide bonds. The Hall–Kier alpha value is -2.67. The molecule has 2 aromatic carbocycles. The summed E-state index contributed by atoms with van der Waals surface area (Å²) in [5.41, 5.74) is 1.32. The molecule has 0 aliphatic rings. The Morgan fingerprint density at radius 3 is 2.61 bits per heavy atom. The van der Waals surface area contributed by atoms with Gasteiger partial charge in [-0.15, -0.1) is 0 Å². The minimum atomic E-state index is -2.87. The van der Waals surface area contributed by atoms with E-state index in [1.165, 1.54) is 13.1 Å². The minimum Gasteiger partial charge on any atom is -0.479 e. The van der Waals surface area contributed by atoms with Gasteiger partial charge in [0.2, 0.25) is 13.9 Å². The number of fused-ring (bicyclic) bond motifs is 1. The van der Waals surface area contributed by atoms with Crippen molar-refractivity contribution in [3.63, 3.8) is 0 Å². The molecule has 0 saturated carbocycles. The molecule has 3 rings (SSSR count). The van der Waals surface area contributed by atoms with Crippen molar-refractivity contribution in [3.05, 3.63) is 53.7 Å². The van der Waals surface area contributed by atoms with Crippen LogP contribution in [-0.4, -0.2) is 33.3 Å². The normalized spacial score (nSPS) is 13.0. The number of carbonyl (C=O) groups excluding carboxylic acids is 1. The van der Waals surface area contributed by atoms with Gasteiger partial charge in [-0.1, -0.05) is 11.6 Å². The smallest absolute Gasteiger partial charge is 0.347 e. The zero-order chi connectivity index (χ0) is 20.1. The van der Waals surface area contributed by atoms with Gasteiger partial charge in [0.05, 0.1) is 17.2 Å². The highest BCUT2D eigenvalue weighted by Crippen LogP contribution is 2.25. The zero-order valence-corrected chi connectivity index (χ0v) is 16.4. The van der Waals surface area contributed by atoms with Crippen LogP contribution in [0.15, 0.2) is 48.7 Å². The molecule has 2 unspecified atom stereocenters. The number of halogens is 1. The summed E-state index contributed by atoms with van der Waals surface area (Å²) >= 11 is 5.93. The van der Waals surface area contributed by atoms with Crippen LogP contribution in [0, 0.1) is 0 Å². The molecule has 146 valence electrons. The van der Waals surface area contributed by atoms with Crippen LogP contribution in [0.5, 0.6) is 17.4 Å². The van der Waals surface area contributed by atoms with Crippen molar-refractivity contribution < 1.29 is 28.5 Å². The Morgan fingerprint density at radius 1 is 1.18 bits per heavy atom. The average Bonchev–Trinajstić information content (AvgIpc) is 2.67. The highest BCUT2D eigenvalue weighted by atomic mass is 35.5. The number of esters is 1. The monoisotopic (exact) mass is 422 g/mol. The molecule has 1 heterocycles. The maximum absolute atomic E-state index is 11.7. The topological polar surface area (TPSA) is 108 Å². The van der Waals surface area contributed by atoms with Crippen LogP contribution >= 0.6 is 19.6 Å². The Labute approximate surface area is 165 Å². The highest BCUT2D eigenvalue weighted by Gasteiger charge is 2.17. The lowest BCUT2D eigenvalue weighted by molar-refractivity contribution is -0.149. The number of nitrogens with zero attached hydrogens (tertiary/aromatic N) is 2. The molecule has 8 nitrogen and oxygen atoms in total. The molecular formula is C18H16ClN2O6P. The number of benzene rings is 2. The Balaban J connectivity index is 1.62. The molecule has 0 fully saturated rings. The van der Waals surface area contributed by atoms with Gasteiger partial charge in [0.15, 0.2) is 12.5 Å². The van der Waals surface area contributed by atoms with E-state index in [0.29, 0.717) is 33.4 Å². The van der Waals surface area contributed by atoms with E-state index in [1.807, 2.05) is 0 Å². The third-order valence-electron chi connectivity index (χ3n) is 3.51. The molecule has 1 aromatic heterocycles. The second kappa shape index (κ2) is 9.01. The van der Waals surface area contributed by atoms with E-state index in [-0.39, 0.29) is 0 Å². The van der Waals surface area contributed by atoms with Crippen molar-refractivity contribution in [2.45, 2.75) is 13.0 Å². The molecule has 2 atom stereocenters. The molecule has 0 saturated heterocycles. The quantitative estimate of drug-likeness (QED) is 0.452. The first-order valence-corrected chi connectivity index (χ1v) is 10.1.